The van der Waals surface area contributed by atoms with Gasteiger partial charge in [0.15, 0.2) is 0 Å². The zero-order valence-electron chi connectivity index (χ0n) is 20.3. The molecule has 0 heterocycles. The number of carbonyl (C=O) groups is 2. The first kappa shape index (κ1) is 33.3. The summed E-state index contributed by atoms with van der Waals surface area (Å²) in [7, 11) is -1.36. The molecule has 4 aromatic carbocycles. The average Bonchev–Trinajstić information content (AvgIpc) is 2.91. The Bertz CT molecular complexity index is 1190. The maximum Gasteiger partial charge on any atom is 0.230 e. The van der Waals surface area contributed by atoms with Crippen LogP contribution in [0, 0.1) is 0 Å². The first-order chi connectivity index (χ1) is 18.0. The highest BCUT2D eigenvalue weighted by Crippen LogP contribution is 2.35. The topological polar surface area (TPSA) is 103 Å². The summed E-state index contributed by atoms with van der Waals surface area (Å²) < 4.78 is 12.4. The number of amides is 2. The third kappa shape index (κ3) is 10.9. The molecule has 4 rings (SSSR count). The summed E-state index contributed by atoms with van der Waals surface area (Å²) in [6, 6.07) is 39.4. The Labute approximate surface area is 239 Å². The average molecular weight is 563 g/mol. The van der Waals surface area contributed by atoms with E-state index >= 15 is 0 Å². The summed E-state index contributed by atoms with van der Waals surface area (Å²) >= 11 is 1.56. The van der Waals surface area contributed by atoms with Crippen LogP contribution in [0.25, 0.3) is 0 Å². The fourth-order valence-electron chi connectivity index (χ4n) is 3.78. The Morgan fingerprint density at radius 1 is 0.590 bits per heavy atom. The quantitative estimate of drug-likeness (QED) is 0.237. The summed E-state index contributed by atoms with van der Waals surface area (Å²) in [4.78, 5) is 22.0. The van der Waals surface area contributed by atoms with Gasteiger partial charge in [0.1, 0.15) is 5.75 Å². The molecule has 0 saturated carbocycles. The minimum atomic E-state index is -1.36. The number of primary amides is 2. The van der Waals surface area contributed by atoms with Gasteiger partial charge in [0, 0.05) is 10.8 Å². The number of hydrogen-bond acceptors (Lipinski definition) is 4. The van der Waals surface area contributed by atoms with Gasteiger partial charge in [-0.3, -0.25) is 13.8 Å². The van der Waals surface area contributed by atoms with Gasteiger partial charge in [-0.25, -0.2) is 0 Å². The Hall–Kier alpha value is -3.68. The second kappa shape index (κ2) is 17.8. The number of carbonyl (C=O) groups excluding carboxylic acids is 2. The summed E-state index contributed by atoms with van der Waals surface area (Å²) in [6.45, 7) is 0. The molecule has 0 radical (unpaired) electrons. The van der Waals surface area contributed by atoms with Crippen LogP contribution in [0.1, 0.15) is 47.6 Å². The van der Waals surface area contributed by atoms with E-state index < -0.39 is 16.7 Å². The predicted octanol–water partition coefficient (Wildman–Crippen LogP) is 6.28. The first-order valence-electron chi connectivity index (χ1n) is 11.7. The van der Waals surface area contributed by atoms with Crippen molar-refractivity contribution in [1.82, 2.24) is 0 Å². The van der Waals surface area contributed by atoms with Crippen molar-refractivity contribution in [2.24, 2.45) is 11.5 Å². The lowest BCUT2D eigenvalue weighted by molar-refractivity contribution is -0.116. The van der Waals surface area contributed by atoms with Gasteiger partial charge in [0.2, 0.25) is 11.8 Å². The lowest BCUT2D eigenvalue weighted by Crippen LogP contribution is -2.23. The summed E-state index contributed by atoms with van der Waals surface area (Å²) in [5, 5.41) is -0.171. The number of nitrogens with two attached hydrogens (primary N) is 2. The Kier molecular flexibility index (Phi) is 15.2. The van der Waals surface area contributed by atoms with E-state index in [0.717, 1.165) is 11.1 Å². The lowest BCUT2D eigenvalue weighted by Gasteiger charge is -2.16. The second-order valence-corrected chi connectivity index (χ2v) is 10.8. The number of benzene rings is 4. The molecule has 0 aromatic heterocycles. The van der Waals surface area contributed by atoms with Crippen molar-refractivity contribution in [2.75, 3.05) is 11.5 Å². The summed E-state index contributed by atoms with van der Waals surface area (Å²) in [5.41, 5.74) is 14.6. The maximum atomic E-state index is 12.4. The minimum absolute atomic E-state index is 0. The van der Waals surface area contributed by atoms with Crippen molar-refractivity contribution in [1.29, 1.82) is 0 Å². The molecular weight excluding hydrogens is 524 g/mol. The highest BCUT2D eigenvalue weighted by Gasteiger charge is 2.22. The zero-order valence-corrected chi connectivity index (χ0v) is 21.9. The van der Waals surface area contributed by atoms with E-state index in [-0.39, 0.29) is 37.0 Å². The van der Waals surface area contributed by atoms with E-state index in [4.69, 9.17) is 11.5 Å². The van der Waals surface area contributed by atoms with Gasteiger partial charge in [0.25, 0.3) is 0 Å². The third-order valence-electron chi connectivity index (χ3n) is 5.35. The van der Waals surface area contributed by atoms with Gasteiger partial charge in [-0.15, -0.1) is 11.8 Å². The van der Waals surface area contributed by atoms with E-state index in [1.807, 2.05) is 97.1 Å². The van der Waals surface area contributed by atoms with Crippen LogP contribution >= 0.6 is 11.8 Å². The second-order valence-electron chi connectivity index (χ2n) is 8.17. The molecule has 0 aliphatic heterocycles. The van der Waals surface area contributed by atoms with Crippen molar-refractivity contribution in [3.05, 3.63) is 144 Å². The monoisotopic (exact) mass is 562 g/mol. The van der Waals surface area contributed by atoms with Gasteiger partial charge in [-0.05, 0) is 22.3 Å². The van der Waals surface area contributed by atoms with Crippen molar-refractivity contribution >= 4 is 34.4 Å². The predicted molar refractivity (Wildman–Crippen MR) is 167 cm³/mol. The molecule has 4 N–H and O–H groups in total. The normalized spacial score (nSPS) is 10.8. The minimum Gasteiger partial charge on any atom is -0.369 e. The molecule has 1 unspecified atom stereocenters. The molecule has 5 nitrogen and oxygen atoms in total. The first-order valence-corrected chi connectivity index (χ1v) is 14.1. The molecule has 1 atom stereocenters. The molecule has 0 aliphatic rings. The summed E-state index contributed by atoms with van der Waals surface area (Å²) in [5.74, 6) is -0.629. The summed E-state index contributed by atoms with van der Waals surface area (Å²) in [6.07, 6.45) is 0. The SMILES string of the molecule is C.C.NC(=O)CS(=O)C(c1ccccc1)c1ccccc1.NC(=O)CSC(c1ccccc1)c1ccccc1. The highest BCUT2D eigenvalue weighted by molar-refractivity contribution is 8.00. The highest BCUT2D eigenvalue weighted by atomic mass is 32.2. The van der Waals surface area contributed by atoms with Crippen LogP contribution in [-0.2, 0) is 20.4 Å². The van der Waals surface area contributed by atoms with Crippen LogP contribution in [-0.4, -0.2) is 27.5 Å². The van der Waals surface area contributed by atoms with Crippen LogP contribution in [0.2, 0.25) is 0 Å². The van der Waals surface area contributed by atoms with E-state index in [9.17, 15) is 13.8 Å². The van der Waals surface area contributed by atoms with Gasteiger partial charge in [0.05, 0.1) is 16.3 Å². The molecule has 2 amide bonds. The van der Waals surface area contributed by atoms with Crippen molar-refractivity contribution in [3.63, 3.8) is 0 Å². The van der Waals surface area contributed by atoms with Crippen molar-refractivity contribution in [2.45, 2.75) is 25.4 Å². The molecule has 39 heavy (non-hydrogen) atoms. The maximum absolute atomic E-state index is 12.4. The third-order valence-corrected chi connectivity index (χ3v) is 8.32. The van der Waals surface area contributed by atoms with Crippen LogP contribution in [0.15, 0.2) is 121 Å². The van der Waals surface area contributed by atoms with Crippen LogP contribution in [0.3, 0.4) is 0 Å². The Balaban J connectivity index is 0.000000371. The van der Waals surface area contributed by atoms with Crippen LogP contribution in [0.4, 0.5) is 0 Å². The Morgan fingerprint density at radius 3 is 1.23 bits per heavy atom. The largest absolute Gasteiger partial charge is 0.369 e. The van der Waals surface area contributed by atoms with Gasteiger partial charge >= 0.3 is 0 Å². The van der Waals surface area contributed by atoms with E-state index in [2.05, 4.69) is 24.3 Å². The van der Waals surface area contributed by atoms with Crippen LogP contribution in [0.5, 0.6) is 0 Å². The Morgan fingerprint density at radius 2 is 0.923 bits per heavy atom. The number of thioether (sulfide) groups is 1. The molecule has 7 heteroatoms. The fraction of sp³-hybridized carbons (Fsp3) is 0.188. The molecule has 0 fully saturated rings. The molecule has 0 saturated heterocycles. The van der Waals surface area contributed by atoms with Gasteiger partial charge in [-0.2, -0.15) is 0 Å². The van der Waals surface area contributed by atoms with Crippen molar-refractivity contribution < 1.29 is 13.8 Å². The van der Waals surface area contributed by atoms with Gasteiger partial charge < -0.3 is 11.5 Å². The molecule has 0 bridgehead atoms. The molecule has 4 aromatic rings. The molecular formula is C32H38N2O3S2. The zero-order chi connectivity index (χ0) is 26.5. The molecule has 0 aliphatic carbocycles. The standard InChI is InChI=1S/C15H15NO2S.C15H15NOS.2CH4/c16-14(17)11-19(18)15(12-7-3-1-4-8-12)13-9-5-2-6-10-13;16-14(17)11-18-15(12-7-3-1-4-8-12)13-9-5-2-6-10-13;;/h1-10,15H,11H2,(H2,16,17);1-10,15H,11H2,(H2,16,17);2*1H4. The lowest BCUT2D eigenvalue weighted by atomic mass is 10.0. The van der Waals surface area contributed by atoms with E-state index in [1.165, 1.54) is 11.1 Å². The van der Waals surface area contributed by atoms with Crippen LogP contribution < -0.4 is 11.5 Å². The molecule has 206 valence electrons. The number of rotatable bonds is 10. The van der Waals surface area contributed by atoms with E-state index in [1.54, 1.807) is 11.8 Å². The molecule has 0 spiro atoms. The van der Waals surface area contributed by atoms with Crippen molar-refractivity contribution in [3.8, 4) is 0 Å². The van der Waals surface area contributed by atoms with E-state index in [0.29, 0.717) is 5.75 Å². The number of hydrogen-bond donors (Lipinski definition) is 2. The smallest absolute Gasteiger partial charge is 0.230 e. The fourth-order valence-corrected chi connectivity index (χ4v) is 6.18. The van der Waals surface area contributed by atoms with Gasteiger partial charge in [-0.1, -0.05) is 136 Å².